The molecule has 0 bridgehead atoms. The molecule has 2 aromatic rings. The summed E-state index contributed by atoms with van der Waals surface area (Å²) in [5, 5.41) is 20.4. The molecule has 5 nitrogen and oxygen atoms in total. The van der Waals surface area contributed by atoms with Crippen LogP contribution >= 0.6 is 0 Å². The highest BCUT2D eigenvalue weighted by molar-refractivity contribution is 6.08. The van der Waals surface area contributed by atoms with E-state index in [4.69, 9.17) is 0 Å². The van der Waals surface area contributed by atoms with Gasteiger partial charge < -0.3 is 10.4 Å². The number of phenols is 1. The van der Waals surface area contributed by atoms with Crippen molar-refractivity contribution in [3.8, 4) is 5.75 Å². The molecule has 5 heteroatoms. The lowest BCUT2D eigenvalue weighted by Crippen LogP contribution is -2.33. The van der Waals surface area contributed by atoms with E-state index in [9.17, 15) is 9.90 Å². The molecule has 2 heterocycles. The summed E-state index contributed by atoms with van der Waals surface area (Å²) in [4.78, 5) is 13.0. The third-order valence-electron chi connectivity index (χ3n) is 4.97. The zero-order chi connectivity index (χ0) is 17.1. The number of aromatic hydroxyl groups is 1. The second kappa shape index (κ2) is 4.97. The molecule has 2 aliphatic rings. The topological polar surface area (TPSA) is 78.0 Å². The van der Waals surface area contributed by atoms with Crippen molar-refractivity contribution >= 4 is 17.2 Å². The van der Waals surface area contributed by atoms with Crippen molar-refractivity contribution < 1.29 is 9.90 Å². The number of hydrogen-bond acceptors (Lipinski definition) is 4. The molecule has 1 aliphatic heterocycles. The van der Waals surface area contributed by atoms with Gasteiger partial charge in [0.2, 0.25) is 0 Å². The highest BCUT2D eigenvalue weighted by Crippen LogP contribution is 2.50. The number of Topliss-reactive ketones (excluding diaryl/α,β-unsaturated/α-hetero) is 1. The van der Waals surface area contributed by atoms with E-state index in [-0.39, 0.29) is 23.0 Å². The lowest BCUT2D eigenvalue weighted by atomic mass is 9.68. The van der Waals surface area contributed by atoms with Crippen LogP contribution in [0.25, 0.3) is 5.57 Å². The lowest BCUT2D eigenvalue weighted by molar-refractivity contribution is -0.118. The smallest absolute Gasteiger partial charge is 0.162 e. The lowest BCUT2D eigenvalue weighted by Gasteiger charge is -2.38. The number of benzene rings is 1. The number of ketones is 1. The first-order valence-corrected chi connectivity index (χ1v) is 8.23. The van der Waals surface area contributed by atoms with Crippen LogP contribution in [0.5, 0.6) is 5.75 Å². The van der Waals surface area contributed by atoms with Gasteiger partial charge in [-0.25, -0.2) is 0 Å². The number of H-pyrrole nitrogens is 1. The van der Waals surface area contributed by atoms with Crippen molar-refractivity contribution in [2.75, 3.05) is 5.32 Å². The molecule has 4 rings (SSSR count). The van der Waals surface area contributed by atoms with Crippen LogP contribution in [0.3, 0.4) is 0 Å². The molecule has 124 valence electrons. The molecular formula is C19H21N3O2. The first kappa shape index (κ1) is 15.0. The summed E-state index contributed by atoms with van der Waals surface area (Å²) in [7, 11) is 0. The van der Waals surface area contributed by atoms with Crippen LogP contribution in [-0.2, 0) is 4.79 Å². The first-order chi connectivity index (χ1) is 11.4. The summed E-state index contributed by atoms with van der Waals surface area (Å²) in [5.41, 5.74) is 4.89. The van der Waals surface area contributed by atoms with Gasteiger partial charge in [0, 0.05) is 23.3 Å². The largest absolute Gasteiger partial charge is 0.508 e. The highest BCUT2D eigenvalue weighted by atomic mass is 16.3. The Balaban J connectivity index is 1.92. The fourth-order valence-electron chi connectivity index (χ4n) is 3.92. The van der Waals surface area contributed by atoms with Gasteiger partial charge in [-0.15, -0.1) is 0 Å². The zero-order valence-electron chi connectivity index (χ0n) is 14.1. The van der Waals surface area contributed by atoms with Crippen LogP contribution in [-0.4, -0.2) is 21.1 Å². The Labute approximate surface area is 140 Å². The van der Waals surface area contributed by atoms with Gasteiger partial charge in [-0.3, -0.25) is 9.89 Å². The number of anilines is 1. The van der Waals surface area contributed by atoms with Gasteiger partial charge >= 0.3 is 0 Å². The van der Waals surface area contributed by atoms with Crippen LogP contribution in [0.2, 0.25) is 0 Å². The molecule has 24 heavy (non-hydrogen) atoms. The maximum Gasteiger partial charge on any atom is 0.162 e. The number of carbonyl (C=O) groups excluding carboxylic acids is 1. The summed E-state index contributed by atoms with van der Waals surface area (Å²) < 4.78 is 0. The van der Waals surface area contributed by atoms with E-state index in [1.165, 1.54) is 0 Å². The Morgan fingerprint density at radius 2 is 1.92 bits per heavy atom. The van der Waals surface area contributed by atoms with Gasteiger partial charge in [0.05, 0.1) is 6.04 Å². The molecular weight excluding hydrogens is 302 g/mol. The number of nitrogens with one attached hydrogen (secondary N) is 2. The van der Waals surface area contributed by atoms with E-state index in [0.717, 1.165) is 40.2 Å². The fraction of sp³-hybridized carbons (Fsp3) is 0.368. The Kier molecular flexibility index (Phi) is 3.10. The van der Waals surface area contributed by atoms with Crippen LogP contribution in [0.4, 0.5) is 5.82 Å². The van der Waals surface area contributed by atoms with E-state index >= 15 is 0 Å². The Bertz CT molecular complexity index is 859. The Morgan fingerprint density at radius 3 is 2.62 bits per heavy atom. The molecule has 0 unspecified atom stereocenters. The molecule has 0 saturated carbocycles. The number of aryl methyl sites for hydroxylation is 1. The van der Waals surface area contributed by atoms with E-state index in [1.807, 2.05) is 19.1 Å². The standard InChI is InChI=1S/C19H21N3O2/c1-10-15-13-8-19(2,3)9-14(24)16(13)17(20-18(15)22-21-10)11-4-6-12(23)7-5-11/h4-7,17,23H,8-9H2,1-3H3,(H2,20,21,22)/t17-/m0/s1. The minimum Gasteiger partial charge on any atom is -0.508 e. The number of fused-ring (bicyclic) bond motifs is 2. The van der Waals surface area contributed by atoms with Gasteiger partial charge in [-0.05, 0) is 42.0 Å². The van der Waals surface area contributed by atoms with Gasteiger partial charge in [-0.1, -0.05) is 26.0 Å². The second-order valence-electron chi connectivity index (χ2n) is 7.57. The normalized spacial score (nSPS) is 22.0. The minimum absolute atomic E-state index is 0.0479. The van der Waals surface area contributed by atoms with E-state index in [0.29, 0.717) is 6.42 Å². The minimum atomic E-state index is -0.223. The number of aromatic amines is 1. The molecule has 0 amide bonds. The number of carbonyl (C=O) groups is 1. The van der Waals surface area contributed by atoms with Crippen LogP contribution in [0.1, 0.15) is 49.6 Å². The summed E-state index contributed by atoms with van der Waals surface area (Å²) in [6.45, 7) is 6.27. The van der Waals surface area contributed by atoms with Gasteiger partial charge in [0.1, 0.15) is 5.75 Å². The van der Waals surface area contributed by atoms with E-state index in [1.54, 1.807) is 12.1 Å². The number of aromatic nitrogens is 2. The number of rotatable bonds is 1. The maximum absolute atomic E-state index is 13.0. The highest BCUT2D eigenvalue weighted by Gasteiger charge is 2.41. The van der Waals surface area contributed by atoms with Gasteiger partial charge in [-0.2, -0.15) is 5.10 Å². The molecule has 1 aromatic carbocycles. The SMILES string of the molecule is Cc1[nH]nc2c1C1=C(C(=O)CC(C)(C)C1)[C@H](c1ccc(O)cc1)N2. The quantitative estimate of drug-likeness (QED) is 0.747. The van der Waals surface area contributed by atoms with E-state index < -0.39 is 0 Å². The molecule has 3 N–H and O–H groups in total. The van der Waals surface area contributed by atoms with Crippen LogP contribution in [0.15, 0.2) is 29.8 Å². The number of phenolic OH excluding ortho intramolecular Hbond substituents is 1. The third kappa shape index (κ3) is 2.23. The summed E-state index contributed by atoms with van der Waals surface area (Å²) >= 11 is 0. The van der Waals surface area contributed by atoms with Crippen molar-refractivity contribution in [2.24, 2.45) is 5.41 Å². The molecule has 1 aliphatic carbocycles. The summed E-state index contributed by atoms with van der Waals surface area (Å²) in [5.74, 6) is 1.21. The molecule has 0 fully saturated rings. The zero-order valence-corrected chi connectivity index (χ0v) is 14.1. The van der Waals surface area contributed by atoms with Crippen LogP contribution < -0.4 is 5.32 Å². The molecule has 1 atom stereocenters. The number of allylic oxidation sites excluding steroid dienone is 1. The van der Waals surface area contributed by atoms with E-state index in [2.05, 4.69) is 29.4 Å². The molecule has 0 radical (unpaired) electrons. The average Bonchev–Trinajstić information content (AvgIpc) is 2.87. The second-order valence-corrected chi connectivity index (χ2v) is 7.57. The Hall–Kier alpha value is -2.56. The van der Waals surface area contributed by atoms with Crippen molar-refractivity contribution in [2.45, 2.75) is 39.7 Å². The molecule has 1 aromatic heterocycles. The van der Waals surface area contributed by atoms with Gasteiger partial charge in [0.15, 0.2) is 11.6 Å². The van der Waals surface area contributed by atoms with Crippen LogP contribution in [0, 0.1) is 12.3 Å². The maximum atomic E-state index is 13.0. The predicted molar refractivity (Wildman–Crippen MR) is 92.7 cm³/mol. The number of hydrogen-bond donors (Lipinski definition) is 3. The predicted octanol–water partition coefficient (Wildman–Crippen LogP) is 3.73. The third-order valence-corrected chi connectivity index (χ3v) is 4.97. The van der Waals surface area contributed by atoms with Crippen molar-refractivity contribution in [1.29, 1.82) is 0 Å². The Morgan fingerprint density at radius 1 is 1.21 bits per heavy atom. The van der Waals surface area contributed by atoms with Crippen molar-refractivity contribution in [1.82, 2.24) is 10.2 Å². The summed E-state index contributed by atoms with van der Waals surface area (Å²) in [6, 6.07) is 6.79. The molecule has 0 saturated heterocycles. The van der Waals surface area contributed by atoms with Crippen molar-refractivity contribution in [3.05, 3.63) is 46.7 Å². The monoisotopic (exact) mass is 323 g/mol. The number of nitrogens with zero attached hydrogens (tertiary/aromatic N) is 1. The first-order valence-electron chi connectivity index (χ1n) is 8.23. The van der Waals surface area contributed by atoms with Crippen molar-refractivity contribution in [3.63, 3.8) is 0 Å². The fourth-order valence-corrected chi connectivity index (χ4v) is 3.92. The molecule has 0 spiro atoms. The average molecular weight is 323 g/mol. The summed E-state index contributed by atoms with van der Waals surface area (Å²) in [6.07, 6.45) is 1.41. The van der Waals surface area contributed by atoms with Gasteiger partial charge in [0.25, 0.3) is 0 Å².